The average molecular weight is 252 g/mol. The average Bonchev–Trinajstić information content (AvgIpc) is 2.76. The van der Waals surface area contributed by atoms with Gasteiger partial charge in [-0.15, -0.1) is 0 Å². The van der Waals surface area contributed by atoms with Crippen molar-refractivity contribution in [3.63, 3.8) is 0 Å². The summed E-state index contributed by atoms with van der Waals surface area (Å²) in [5.74, 6) is 1.84. The lowest BCUT2D eigenvalue weighted by Crippen LogP contribution is -2.48. The van der Waals surface area contributed by atoms with E-state index in [9.17, 15) is 0 Å². The van der Waals surface area contributed by atoms with Crippen LogP contribution in [0.5, 0.6) is 0 Å². The third kappa shape index (κ3) is 3.61. The molecule has 2 atom stereocenters. The maximum absolute atomic E-state index is 4.47. The summed E-state index contributed by atoms with van der Waals surface area (Å²) in [5.41, 5.74) is 0. The fraction of sp³-hybridized carbons (Fsp3) is 0.929. The molecule has 0 bridgehead atoms. The number of aliphatic imine (C=N–C) groups is 1. The lowest BCUT2D eigenvalue weighted by Gasteiger charge is -2.35. The Morgan fingerprint density at radius 2 is 2.06 bits per heavy atom. The molecule has 4 heteroatoms. The molecule has 104 valence electrons. The molecule has 1 heterocycles. The van der Waals surface area contributed by atoms with Gasteiger partial charge in [0.15, 0.2) is 5.96 Å². The van der Waals surface area contributed by atoms with Crippen molar-refractivity contribution in [3.8, 4) is 0 Å². The molecule has 2 aliphatic rings. The molecule has 1 aliphatic heterocycles. The van der Waals surface area contributed by atoms with E-state index in [1.165, 1.54) is 32.1 Å². The largest absolute Gasteiger partial charge is 0.355 e. The smallest absolute Gasteiger partial charge is 0.191 e. The van der Waals surface area contributed by atoms with Crippen LogP contribution in [0.15, 0.2) is 4.99 Å². The van der Waals surface area contributed by atoms with Crippen molar-refractivity contribution in [2.75, 3.05) is 27.2 Å². The highest BCUT2D eigenvalue weighted by molar-refractivity contribution is 5.81. The van der Waals surface area contributed by atoms with E-state index in [1.807, 2.05) is 0 Å². The summed E-state index contributed by atoms with van der Waals surface area (Å²) in [7, 11) is 4.40. The van der Waals surface area contributed by atoms with E-state index in [4.69, 9.17) is 0 Å². The molecule has 0 aromatic carbocycles. The molecule has 2 N–H and O–H groups in total. The highest BCUT2D eigenvalue weighted by atomic mass is 15.2. The number of rotatable bonds is 4. The molecule has 0 aromatic rings. The minimum Gasteiger partial charge on any atom is -0.355 e. The van der Waals surface area contributed by atoms with Gasteiger partial charge < -0.3 is 15.5 Å². The summed E-state index contributed by atoms with van der Waals surface area (Å²) in [6, 6.07) is 1.12. The molecule has 0 saturated heterocycles. The molecule has 1 saturated carbocycles. The predicted molar refractivity (Wildman–Crippen MR) is 77.0 cm³/mol. The molecule has 0 radical (unpaired) electrons. The van der Waals surface area contributed by atoms with Crippen molar-refractivity contribution in [2.45, 2.75) is 51.1 Å². The second kappa shape index (κ2) is 6.41. The fourth-order valence-electron chi connectivity index (χ4n) is 3.15. The highest BCUT2D eigenvalue weighted by Crippen LogP contribution is 2.28. The second-order valence-electron chi connectivity index (χ2n) is 6.04. The molecule has 1 aliphatic carbocycles. The van der Waals surface area contributed by atoms with E-state index >= 15 is 0 Å². The van der Waals surface area contributed by atoms with Gasteiger partial charge in [-0.05, 0) is 39.8 Å². The van der Waals surface area contributed by atoms with Crippen LogP contribution in [0.25, 0.3) is 0 Å². The zero-order valence-electron chi connectivity index (χ0n) is 12.1. The van der Waals surface area contributed by atoms with E-state index in [2.05, 4.69) is 41.5 Å². The van der Waals surface area contributed by atoms with Crippen LogP contribution < -0.4 is 10.6 Å². The first-order valence-corrected chi connectivity index (χ1v) is 7.38. The van der Waals surface area contributed by atoms with Crippen LogP contribution in [0.1, 0.15) is 39.0 Å². The molecule has 0 amide bonds. The zero-order chi connectivity index (χ0) is 13.0. The number of nitrogens with one attached hydrogen (secondary N) is 2. The lowest BCUT2D eigenvalue weighted by atomic mass is 9.83. The molecule has 1 fully saturated rings. The second-order valence-corrected chi connectivity index (χ2v) is 6.04. The van der Waals surface area contributed by atoms with Crippen molar-refractivity contribution in [3.05, 3.63) is 0 Å². The Hall–Kier alpha value is -0.770. The Kier molecular flexibility index (Phi) is 4.87. The molecule has 0 spiro atoms. The molecule has 2 rings (SSSR count). The summed E-state index contributed by atoms with van der Waals surface area (Å²) >= 11 is 0. The zero-order valence-corrected chi connectivity index (χ0v) is 12.1. The summed E-state index contributed by atoms with van der Waals surface area (Å²) < 4.78 is 0. The summed E-state index contributed by atoms with van der Waals surface area (Å²) in [6.07, 6.45) is 7.02. The van der Waals surface area contributed by atoms with Gasteiger partial charge >= 0.3 is 0 Å². The fourth-order valence-corrected chi connectivity index (χ4v) is 3.15. The van der Waals surface area contributed by atoms with Gasteiger partial charge in [-0.2, -0.15) is 0 Å². The molecular weight excluding hydrogens is 224 g/mol. The number of nitrogens with zero attached hydrogens (tertiary/aromatic N) is 2. The van der Waals surface area contributed by atoms with Crippen LogP contribution in [-0.4, -0.2) is 50.1 Å². The van der Waals surface area contributed by atoms with Crippen LogP contribution in [0.2, 0.25) is 0 Å². The van der Waals surface area contributed by atoms with Gasteiger partial charge in [0.2, 0.25) is 0 Å². The minimum atomic E-state index is 0.486. The van der Waals surface area contributed by atoms with E-state index in [0.29, 0.717) is 12.1 Å². The predicted octanol–water partition coefficient (Wildman–Crippen LogP) is 1.43. The molecule has 18 heavy (non-hydrogen) atoms. The van der Waals surface area contributed by atoms with Gasteiger partial charge in [0.25, 0.3) is 0 Å². The Morgan fingerprint density at radius 1 is 1.33 bits per heavy atom. The third-order valence-corrected chi connectivity index (χ3v) is 4.24. The molecular formula is C14H28N4. The first-order chi connectivity index (χ1) is 8.66. The van der Waals surface area contributed by atoms with Crippen LogP contribution in [0, 0.1) is 5.92 Å². The molecule has 0 aromatic heterocycles. The van der Waals surface area contributed by atoms with Crippen LogP contribution >= 0.6 is 0 Å². The maximum Gasteiger partial charge on any atom is 0.191 e. The van der Waals surface area contributed by atoms with E-state index in [1.54, 1.807) is 0 Å². The van der Waals surface area contributed by atoms with Crippen molar-refractivity contribution < 1.29 is 0 Å². The van der Waals surface area contributed by atoms with E-state index in [-0.39, 0.29) is 0 Å². The summed E-state index contributed by atoms with van der Waals surface area (Å²) in [4.78, 5) is 6.85. The van der Waals surface area contributed by atoms with Gasteiger partial charge in [-0.3, -0.25) is 4.99 Å². The van der Waals surface area contributed by atoms with Gasteiger partial charge in [0.1, 0.15) is 0 Å². The SMILES string of the molecule is CC1CN=C(NCC(C2CCCCC2)N(C)C)N1. The van der Waals surface area contributed by atoms with Crippen molar-refractivity contribution >= 4 is 5.96 Å². The minimum absolute atomic E-state index is 0.486. The van der Waals surface area contributed by atoms with E-state index < -0.39 is 0 Å². The maximum atomic E-state index is 4.47. The highest BCUT2D eigenvalue weighted by Gasteiger charge is 2.25. The topological polar surface area (TPSA) is 39.7 Å². The van der Waals surface area contributed by atoms with Gasteiger partial charge in [-0.25, -0.2) is 0 Å². The number of guanidine groups is 1. The van der Waals surface area contributed by atoms with Crippen molar-refractivity contribution in [2.24, 2.45) is 10.9 Å². The number of hydrogen-bond acceptors (Lipinski definition) is 4. The van der Waals surface area contributed by atoms with Gasteiger partial charge in [0, 0.05) is 18.6 Å². The normalized spacial score (nSPS) is 26.9. The monoisotopic (exact) mass is 252 g/mol. The summed E-state index contributed by atoms with van der Waals surface area (Å²) in [6.45, 7) is 4.08. The number of hydrogen-bond donors (Lipinski definition) is 2. The first kappa shape index (κ1) is 13.7. The summed E-state index contributed by atoms with van der Waals surface area (Å²) in [5, 5.41) is 6.86. The molecule has 4 nitrogen and oxygen atoms in total. The van der Waals surface area contributed by atoms with Crippen LogP contribution in [-0.2, 0) is 0 Å². The number of likely N-dealkylation sites (N-methyl/N-ethyl adjacent to an activating group) is 1. The van der Waals surface area contributed by atoms with Gasteiger partial charge in [-0.1, -0.05) is 19.3 Å². The van der Waals surface area contributed by atoms with Gasteiger partial charge in [0.05, 0.1) is 6.54 Å². The lowest BCUT2D eigenvalue weighted by molar-refractivity contribution is 0.171. The Balaban J connectivity index is 1.82. The first-order valence-electron chi connectivity index (χ1n) is 7.38. The van der Waals surface area contributed by atoms with Crippen molar-refractivity contribution in [1.29, 1.82) is 0 Å². The Bertz CT molecular complexity index is 282. The van der Waals surface area contributed by atoms with Crippen molar-refractivity contribution in [1.82, 2.24) is 15.5 Å². The quantitative estimate of drug-likeness (QED) is 0.795. The third-order valence-electron chi connectivity index (χ3n) is 4.24. The standard InChI is InChI=1S/C14H28N4/c1-11-9-15-14(17-11)16-10-13(18(2)3)12-7-5-4-6-8-12/h11-13H,4-10H2,1-3H3,(H2,15,16,17). The van der Waals surface area contributed by atoms with Crippen LogP contribution in [0.4, 0.5) is 0 Å². The Labute approximate surface area is 111 Å². The molecule has 2 unspecified atom stereocenters. The Morgan fingerprint density at radius 3 is 2.61 bits per heavy atom. The van der Waals surface area contributed by atoms with Crippen LogP contribution in [0.3, 0.4) is 0 Å². The van der Waals surface area contributed by atoms with E-state index in [0.717, 1.165) is 25.0 Å².